The summed E-state index contributed by atoms with van der Waals surface area (Å²) in [6, 6.07) is 10.2. The van der Waals surface area contributed by atoms with Gasteiger partial charge < -0.3 is 4.90 Å². The molecule has 0 atom stereocenters. The minimum atomic E-state index is -2.32. The van der Waals surface area contributed by atoms with E-state index in [1.54, 1.807) is 21.1 Å². The van der Waals surface area contributed by atoms with Gasteiger partial charge in [0.25, 0.3) is 12.3 Å². The van der Waals surface area contributed by atoms with Gasteiger partial charge in [-0.2, -0.15) is 0 Å². The fourth-order valence-corrected chi connectivity index (χ4v) is 5.58. The molecule has 0 N–H and O–H groups in total. The molecule has 0 saturated carbocycles. The van der Waals surface area contributed by atoms with Gasteiger partial charge in [0.1, 0.15) is 0 Å². The predicted octanol–water partition coefficient (Wildman–Crippen LogP) is 4.14. The molecule has 3 heterocycles. The number of nitrogens with zero attached hydrogens (tertiary/aromatic N) is 2. The number of amides is 1. The van der Waals surface area contributed by atoms with E-state index in [1.165, 1.54) is 21.4 Å². The van der Waals surface area contributed by atoms with Gasteiger partial charge in [-0.15, -0.1) is 22.7 Å². The molecular formula is C17H16F2N2OS2. The van der Waals surface area contributed by atoms with Crippen molar-refractivity contribution in [2.24, 2.45) is 0 Å². The first kappa shape index (κ1) is 15.9. The fraction of sp³-hybridized carbons (Fsp3) is 0.353. The third-order valence-corrected chi connectivity index (χ3v) is 6.72. The Morgan fingerprint density at radius 3 is 2.58 bits per heavy atom. The van der Waals surface area contributed by atoms with Crippen molar-refractivity contribution in [3.05, 3.63) is 35.2 Å². The van der Waals surface area contributed by atoms with Gasteiger partial charge in [0.05, 0.1) is 16.1 Å². The molecule has 0 radical (unpaired) electrons. The van der Waals surface area contributed by atoms with Crippen molar-refractivity contribution < 1.29 is 13.6 Å². The molecule has 4 rings (SSSR count). The Balaban J connectivity index is 1.52. The number of carbonyl (C=O) groups is 1. The molecule has 2 aromatic heterocycles. The highest BCUT2D eigenvalue weighted by Gasteiger charge is 2.25. The van der Waals surface area contributed by atoms with Gasteiger partial charge in [0.15, 0.2) is 0 Å². The van der Waals surface area contributed by atoms with Crippen molar-refractivity contribution in [3.8, 4) is 0 Å². The third kappa shape index (κ3) is 2.92. The van der Waals surface area contributed by atoms with Gasteiger partial charge >= 0.3 is 0 Å². The topological polar surface area (TPSA) is 23.6 Å². The Morgan fingerprint density at radius 1 is 1.08 bits per heavy atom. The summed E-state index contributed by atoms with van der Waals surface area (Å²) < 4.78 is 28.4. The van der Waals surface area contributed by atoms with Crippen molar-refractivity contribution in [2.45, 2.75) is 6.43 Å². The monoisotopic (exact) mass is 366 g/mol. The van der Waals surface area contributed by atoms with Crippen LogP contribution in [0.1, 0.15) is 9.67 Å². The second kappa shape index (κ2) is 6.38. The van der Waals surface area contributed by atoms with Crippen LogP contribution in [0.2, 0.25) is 0 Å². The van der Waals surface area contributed by atoms with Crippen molar-refractivity contribution in [3.63, 3.8) is 0 Å². The molecule has 126 valence electrons. The number of halogens is 2. The number of benzene rings is 1. The lowest BCUT2D eigenvalue weighted by molar-refractivity contribution is 0.0462. The number of hydrogen-bond acceptors (Lipinski definition) is 4. The predicted molar refractivity (Wildman–Crippen MR) is 95.6 cm³/mol. The van der Waals surface area contributed by atoms with E-state index in [4.69, 9.17) is 0 Å². The Bertz CT molecular complexity index is 881. The molecule has 1 saturated heterocycles. The zero-order valence-electron chi connectivity index (χ0n) is 12.9. The largest absolute Gasteiger partial charge is 0.335 e. The summed E-state index contributed by atoms with van der Waals surface area (Å²) >= 11 is 3.23. The number of fused-ring (bicyclic) bond motifs is 3. The van der Waals surface area contributed by atoms with Crippen LogP contribution in [-0.2, 0) is 0 Å². The highest BCUT2D eigenvalue weighted by Crippen LogP contribution is 2.39. The van der Waals surface area contributed by atoms with Gasteiger partial charge in [-0.3, -0.25) is 9.69 Å². The Labute approximate surface area is 146 Å². The van der Waals surface area contributed by atoms with Crippen LogP contribution >= 0.6 is 22.7 Å². The normalized spacial score (nSPS) is 16.5. The van der Waals surface area contributed by atoms with E-state index in [0.29, 0.717) is 26.2 Å². The first-order chi connectivity index (χ1) is 11.6. The SMILES string of the molecule is O=C(c1cc2sc3ccccc3c2s1)N1CCN(CC(F)F)CC1. The Hall–Kier alpha value is -1.57. The molecule has 1 fully saturated rings. The highest BCUT2D eigenvalue weighted by atomic mass is 32.1. The molecule has 24 heavy (non-hydrogen) atoms. The van der Waals surface area contributed by atoms with E-state index >= 15 is 0 Å². The van der Waals surface area contributed by atoms with Gasteiger partial charge in [-0.05, 0) is 12.1 Å². The van der Waals surface area contributed by atoms with Gasteiger partial charge in [0.2, 0.25) is 0 Å². The lowest BCUT2D eigenvalue weighted by Gasteiger charge is -2.34. The number of alkyl halides is 2. The van der Waals surface area contributed by atoms with Gasteiger partial charge in [-0.1, -0.05) is 18.2 Å². The molecule has 3 nitrogen and oxygen atoms in total. The van der Waals surface area contributed by atoms with E-state index in [-0.39, 0.29) is 12.5 Å². The summed E-state index contributed by atoms with van der Waals surface area (Å²) in [6.07, 6.45) is -2.32. The van der Waals surface area contributed by atoms with E-state index in [1.807, 2.05) is 18.2 Å². The zero-order chi connectivity index (χ0) is 16.7. The van der Waals surface area contributed by atoms with Crippen LogP contribution in [0.15, 0.2) is 30.3 Å². The maximum Gasteiger partial charge on any atom is 0.264 e. The summed E-state index contributed by atoms with van der Waals surface area (Å²) in [7, 11) is 0. The number of piperazine rings is 1. The van der Waals surface area contributed by atoms with E-state index in [0.717, 1.165) is 14.3 Å². The van der Waals surface area contributed by atoms with Crippen molar-refractivity contribution in [1.29, 1.82) is 0 Å². The lowest BCUT2D eigenvalue weighted by Crippen LogP contribution is -2.49. The number of carbonyl (C=O) groups excluding carboxylic acids is 1. The van der Waals surface area contributed by atoms with Crippen LogP contribution in [0.4, 0.5) is 8.78 Å². The average molecular weight is 366 g/mol. The molecule has 3 aromatic rings. The molecule has 0 aliphatic carbocycles. The van der Waals surface area contributed by atoms with Crippen molar-refractivity contribution in [2.75, 3.05) is 32.7 Å². The van der Waals surface area contributed by atoms with E-state index in [2.05, 4.69) is 12.1 Å². The standard InChI is InChI=1S/C17H16F2N2OS2/c18-15(19)10-20-5-7-21(8-6-20)17(22)14-9-13-16(24-14)11-3-1-2-4-12(11)23-13/h1-4,9,15H,5-8,10H2. The summed E-state index contributed by atoms with van der Waals surface area (Å²) in [4.78, 5) is 16.9. The summed E-state index contributed by atoms with van der Waals surface area (Å²) in [5.41, 5.74) is 0. The molecule has 1 aliphatic rings. The van der Waals surface area contributed by atoms with Crippen LogP contribution in [0, 0.1) is 0 Å². The second-order valence-corrected chi connectivity index (χ2v) is 8.02. The summed E-state index contributed by atoms with van der Waals surface area (Å²) in [5, 5.41) is 1.20. The Kier molecular flexibility index (Phi) is 4.24. The molecule has 1 aromatic carbocycles. The summed E-state index contributed by atoms with van der Waals surface area (Å²) in [5.74, 6) is 0.0178. The Morgan fingerprint density at radius 2 is 1.83 bits per heavy atom. The second-order valence-electron chi connectivity index (χ2n) is 5.89. The van der Waals surface area contributed by atoms with E-state index < -0.39 is 6.43 Å². The van der Waals surface area contributed by atoms with Gasteiger partial charge in [0, 0.05) is 41.0 Å². The molecule has 1 amide bonds. The molecule has 0 bridgehead atoms. The third-order valence-electron chi connectivity index (χ3n) is 4.32. The van der Waals surface area contributed by atoms with E-state index in [9.17, 15) is 13.6 Å². The van der Waals surface area contributed by atoms with Gasteiger partial charge in [-0.25, -0.2) is 8.78 Å². The minimum absolute atomic E-state index is 0.0178. The average Bonchev–Trinajstić information content (AvgIpc) is 3.12. The first-order valence-corrected chi connectivity index (χ1v) is 9.46. The first-order valence-electron chi connectivity index (χ1n) is 7.82. The summed E-state index contributed by atoms with van der Waals surface area (Å²) in [6.45, 7) is 1.84. The maximum atomic E-state index is 12.7. The number of thiophene rings is 2. The molecule has 7 heteroatoms. The minimum Gasteiger partial charge on any atom is -0.335 e. The van der Waals surface area contributed by atoms with Crippen LogP contribution in [0.3, 0.4) is 0 Å². The highest BCUT2D eigenvalue weighted by molar-refractivity contribution is 7.33. The lowest BCUT2D eigenvalue weighted by atomic mass is 10.2. The van der Waals surface area contributed by atoms with Crippen molar-refractivity contribution >= 4 is 48.1 Å². The smallest absolute Gasteiger partial charge is 0.264 e. The molecule has 0 unspecified atom stereocenters. The maximum absolute atomic E-state index is 12.7. The van der Waals surface area contributed by atoms with Crippen LogP contribution in [0.25, 0.3) is 19.5 Å². The molecular weight excluding hydrogens is 350 g/mol. The zero-order valence-corrected chi connectivity index (χ0v) is 14.5. The fourth-order valence-electron chi connectivity index (χ4n) is 3.09. The number of hydrogen-bond donors (Lipinski definition) is 0. The quantitative estimate of drug-likeness (QED) is 0.696. The van der Waals surface area contributed by atoms with Crippen LogP contribution in [-0.4, -0.2) is 54.9 Å². The number of rotatable bonds is 3. The van der Waals surface area contributed by atoms with Crippen LogP contribution in [0.5, 0.6) is 0 Å². The molecule has 0 spiro atoms. The molecule has 1 aliphatic heterocycles. The van der Waals surface area contributed by atoms with Crippen molar-refractivity contribution in [1.82, 2.24) is 9.80 Å². The van der Waals surface area contributed by atoms with Crippen LogP contribution < -0.4 is 0 Å².